The highest BCUT2D eigenvalue weighted by atomic mass is 16.5. The zero-order chi connectivity index (χ0) is 13.0. The van der Waals surface area contributed by atoms with E-state index in [-0.39, 0.29) is 6.61 Å². The van der Waals surface area contributed by atoms with Crippen molar-refractivity contribution in [2.45, 2.75) is 34.3 Å². The van der Waals surface area contributed by atoms with E-state index in [0.29, 0.717) is 11.5 Å². The van der Waals surface area contributed by atoms with Gasteiger partial charge in [0.1, 0.15) is 11.5 Å². The number of methoxy groups -OCH3 is 2. The van der Waals surface area contributed by atoms with Gasteiger partial charge >= 0.3 is 0 Å². The van der Waals surface area contributed by atoms with Crippen molar-refractivity contribution in [3.63, 3.8) is 0 Å². The Balaban J connectivity index is 0. The van der Waals surface area contributed by atoms with Gasteiger partial charge in [-0.15, -0.1) is 0 Å². The fourth-order valence-corrected chi connectivity index (χ4v) is 0.958. The second kappa shape index (κ2) is 11.9. The van der Waals surface area contributed by atoms with Gasteiger partial charge in [-0.05, 0) is 17.7 Å². The first-order valence-corrected chi connectivity index (χ1v) is 5.63. The summed E-state index contributed by atoms with van der Waals surface area (Å²) in [5.41, 5.74) is 0.784. The molecule has 0 aliphatic rings. The Morgan fingerprint density at radius 3 is 1.50 bits per heavy atom. The molecule has 1 rings (SSSR count). The summed E-state index contributed by atoms with van der Waals surface area (Å²) in [6.45, 7) is 7.99. The first-order chi connectivity index (χ1) is 7.80. The fraction of sp³-hybridized carbons (Fsp3) is 0.538. The Morgan fingerprint density at radius 1 is 0.875 bits per heavy atom. The molecule has 0 heterocycles. The van der Waals surface area contributed by atoms with E-state index < -0.39 is 0 Å². The van der Waals surface area contributed by atoms with Gasteiger partial charge in [0, 0.05) is 6.07 Å². The number of benzene rings is 1. The number of rotatable bonds is 3. The van der Waals surface area contributed by atoms with Crippen LogP contribution in [0, 0.1) is 0 Å². The normalized spacial score (nSPS) is 7.94. The zero-order valence-electron chi connectivity index (χ0n) is 11.2. The maximum absolute atomic E-state index is 8.87. The summed E-state index contributed by atoms with van der Waals surface area (Å²) < 4.78 is 10.0. The van der Waals surface area contributed by atoms with Gasteiger partial charge in [0.15, 0.2) is 0 Å². The molecule has 94 valence electrons. The third kappa shape index (κ3) is 6.30. The zero-order valence-corrected chi connectivity index (χ0v) is 11.2. The van der Waals surface area contributed by atoms with Gasteiger partial charge in [0.2, 0.25) is 0 Å². The summed E-state index contributed by atoms with van der Waals surface area (Å²) in [5.74, 6) is 1.39. The third-order valence-electron chi connectivity index (χ3n) is 1.59. The van der Waals surface area contributed by atoms with Crippen molar-refractivity contribution < 1.29 is 14.6 Å². The fourth-order valence-electron chi connectivity index (χ4n) is 0.958. The van der Waals surface area contributed by atoms with Crippen LogP contribution in [0.5, 0.6) is 11.5 Å². The van der Waals surface area contributed by atoms with Gasteiger partial charge in [-0.3, -0.25) is 0 Å². The minimum Gasteiger partial charge on any atom is -0.497 e. The Hall–Kier alpha value is -1.22. The Morgan fingerprint density at radius 2 is 1.25 bits per heavy atom. The number of aliphatic hydroxyl groups is 1. The number of aliphatic hydroxyl groups excluding tert-OH is 1. The summed E-state index contributed by atoms with van der Waals surface area (Å²) in [7, 11) is 3.16. The van der Waals surface area contributed by atoms with Crippen molar-refractivity contribution in [1.82, 2.24) is 0 Å². The van der Waals surface area contributed by atoms with Gasteiger partial charge in [0.05, 0.1) is 20.8 Å². The van der Waals surface area contributed by atoms with Crippen molar-refractivity contribution >= 4 is 0 Å². The molecule has 0 aliphatic carbocycles. The van der Waals surface area contributed by atoms with Crippen LogP contribution < -0.4 is 9.47 Å². The van der Waals surface area contributed by atoms with Crippen molar-refractivity contribution in [3.8, 4) is 11.5 Å². The van der Waals surface area contributed by atoms with Crippen molar-refractivity contribution in [3.05, 3.63) is 23.8 Å². The molecule has 0 saturated heterocycles. The predicted octanol–water partition coefficient (Wildman–Crippen LogP) is 3.25. The molecule has 1 aromatic carbocycles. The minimum absolute atomic E-state index is 0.00639. The van der Waals surface area contributed by atoms with Crippen LogP contribution in [0.2, 0.25) is 0 Å². The minimum atomic E-state index is -0.00639. The first-order valence-electron chi connectivity index (χ1n) is 5.63. The van der Waals surface area contributed by atoms with Crippen molar-refractivity contribution in [2.75, 3.05) is 14.2 Å². The number of hydrogen-bond donors (Lipinski definition) is 1. The van der Waals surface area contributed by atoms with Crippen LogP contribution in [0.1, 0.15) is 33.3 Å². The Labute approximate surface area is 99.0 Å². The molecule has 0 spiro atoms. The maximum atomic E-state index is 8.87. The molecule has 0 aromatic heterocycles. The molecule has 16 heavy (non-hydrogen) atoms. The van der Waals surface area contributed by atoms with Crippen molar-refractivity contribution in [2.24, 2.45) is 0 Å². The van der Waals surface area contributed by atoms with Crippen LogP contribution in [-0.2, 0) is 6.61 Å². The Kier molecular flexibility index (Phi) is 12.7. The maximum Gasteiger partial charge on any atom is 0.122 e. The standard InChI is InChI=1S/C9H12O3.2C2H6/c1-11-8-3-7(6-10)4-9(5-8)12-2;2*1-2/h3-5,10H,6H2,1-2H3;2*1-2H3. The number of ether oxygens (including phenoxy) is 2. The lowest BCUT2D eigenvalue weighted by Crippen LogP contribution is -1.90. The molecule has 0 aliphatic heterocycles. The summed E-state index contributed by atoms with van der Waals surface area (Å²) in [6, 6.07) is 5.30. The first kappa shape index (κ1) is 17.2. The van der Waals surface area contributed by atoms with Crippen LogP contribution in [-0.4, -0.2) is 19.3 Å². The average Bonchev–Trinajstić information content (AvgIpc) is 2.42. The van der Waals surface area contributed by atoms with Crippen LogP contribution in [0.15, 0.2) is 18.2 Å². The molecule has 0 atom stereocenters. The average molecular weight is 228 g/mol. The van der Waals surface area contributed by atoms with Crippen LogP contribution >= 0.6 is 0 Å². The van der Waals surface area contributed by atoms with Gasteiger partial charge in [-0.1, -0.05) is 27.7 Å². The van der Waals surface area contributed by atoms with E-state index >= 15 is 0 Å². The number of hydrogen-bond acceptors (Lipinski definition) is 3. The lowest BCUT2D eigenvalue weighted by Gasteiger charge is -2.05. The van der Waals surface area contributed by atoms with E-state index in [1.54, 1.807) is 32.4 Å². The predicted molar refractivity (Wildman–Crippen MR) is 68.2 cm³/mol. The lowest BCUT2D eigenvalue weighted by molar-refractivity contribution is 0.280. The molecular weight excluding hydrogens is 204 g/mol. The molecule has 3 heteroatoms. The van der Waals surface area contributed by atoms with E-state index in [4.69, 9.17) is 14.6 Å². The van der Waals surface area contributed by atoms with E-state index in [1.165, 1.54) is 0 Å². The third-order valence-corrected chi connectivity index (χ3v) is 1.59. The monoisotopic (exact) mass is 228 g/mol. The molecule has 1 aromatic rings. The highest BCUT2D eigenvalue weighted by Crippen LogP contribution is 2.22. The molecule has 0 fully saturated rings. The Bertz CT molecular complexity index is 204. The van der Waals surface area contributed by atoms with Crippen LogP contribution in [0.3, 0.4) is 0 Å². The molecule has 0 bridgehead atoms. The molecule has 0 saturated carbocycles. The van der Waals surface area contributed by atoms with E-state index in [0.717, 1.165) is 5.56 Å². The quantitative estimate of drug-likeness (QED) is 0.863. The topological polar surface area (TPSA) is 38.7 Å². The van der Waals surface area contributed by atoms with Gasteiger partial charge < -0.3 is 14.6 Å². The van der Waals surface area contributed by atoms with Crippen molar-refractivity contribution in [1.29, 1.82) is 0 Å². The van der Waals surface area contributed by atoms with Gasteiger partial charge in [0.25, 0.3) is 0 Å². The van der Waals surface area contributed by atoms with E-state index in [2.05, 4.69) is 0 Å². The van der Waals surface area contributed by atoms with E-state index in [1.807, 2.05) is 27.7 Å². The van der Waals surface area contributed by atoms with Crippen LogP contribution in [0.4, 0.5) is 0 Å². The molecular formula is C13H24O3. The second-order valence-corrected chi connectivity index (χ2v) is 2.38. The van der Waals surface area contributed by atoms with E-state index in [9.17, 15) is 0 Å². The summed E-state index contributed by atoms with van der Waals surface area (Å²) in [5, 5.41) is 8.87. The van der Waals surface area contributed by atoms with Gasteiger partial charge in [-0.2, -0.15) is 0 Å². The highest BCUT2D eigenvalue weighted by molar-refractivity contribution is 5.37. The van der Waals surface area contributed by atoms with Crippen LogP contribution in [0.25, 0.3) is 0 Å². The lowest BCUT2D eigenvalue weighted by atomic mass is 10.2. The highest BCUT2D eigenvalue weighted by Gasteiger charge is 1.99. The molecule has 3 nitrogen and oxygen atoms in total. The smallest absolute Gasteiger partial charge is 0.122 e. The largest absolute Gasteiger partial charge is 0.497 e. The summed E-state index contributed by atoms with van der Waals surface area (Å²) in [6.07, 6.45) is 0. The SMILES string of the molecule is CC.CC.COc1cc(CO)cc(OC)c1. The summed E-state index contributed by atoms with van der Waals surface area (Å²) in [4.78, 5) is 0. The molecule has 0 unspecified atom stereocenters. The summed E-state index contributed by atoms with van der Waals surface area (Å²) >= 11 is 0. The second-order valence-electron chi connectivity index (χ2n) is 2.38. The molecule has 0 amide bonds. The molecule has 1 N–H and O–H groups in total. The molecule has 0 radical (unpaired) electrons. The van der Waals surface area contributed by atoms with Gasteiger partial charge in [-0.25, -0.2) is 0 Å².